The van der Waals surface area contributed by atoms with Crippen molar-refractivity contribution in [3.05, 3.63) is 50.6 Å². The Morgan fingerprint density at radius 1 is 1.42 bits per heavy atom. The van der Waals surface area contributed by atoms with Crippen LogP contribution in [0.2, 0.25) is 0 Å². The predicted octanol–water partition coefficient (Wildman–Crippen LogP) is 3.99. The minimum absolute atomic E-state index is 0.278. The summed E-state index contributed by atoms with van der Waals surface area (Å²) >= 11 is 7.17. The smallest absolute Gasteiger partial charge is 0.0353 e. The van der Waals surface area contributed by atoms with Crippen molar-refractivity contribution in [3.63, 3.8) is 0 Å². The molecule has 1 unspecified atom stereocenters. The molecule has 2 rings (SSSR count). The van der Waals surface area contributed by atoms with Gasteiger partial charge in [-0.2, -0.15) is 0 Å². The maximum Gasteiger partial charge on any atom is 0.0353 e. The summed E-state index contributed by atoms with van der Waals surface area (Å²) in [5.74, 6) is 6.62. The van der Waals surface area contributed by atoms with Crippen molar-refractivity contribution in [2.75, 3.05) is 5.75 Å². The lowest BCUT2D eigenvalue weighted by atomic mass is 10.2. The van der Waals surface area contributed by atoms with Crippen LogP contribution in [0.15, 0.2) is 45.1 Å². The van der Waals surface area contributed by atoms with Gasteiger partial charge in [-0.25, -0.2) is 0 Å². The molecule has 0 saturated carbocycles. The third-order valence-corrected chi connectivity index (χ3v) is 5.90. The van der Waals surface area contributed by atoms with Gasteiger partial charge in [0, 0.05) is 32.5 Å². The van der Waals surface area contributed by atoms with Gasteiger partial charge in [0.15, 0.2) is 0 Å². The van der Waals surface area contributed by atoms with E-state index < -0.39 is 0 Å². The first-order valence-corrected chi connectivity index (χ1v) is 8.72. The number of hydrogen-bond acceptors (Lipinski definition) is 4. The quantitative estimate of drug-likeness (QED) is 0.466. The number of hydrazine groups is 1. The molecule has 3 N–H and O–H groups in total. The fraction of sp³-hybridized carbons (Fsp3) is 0.286. The highest BCUT2D eigenvalue weighted by Crippen LogP contribution is 2.26. The molecule has 102 valence electrons. The first-order chi connectivity index (χ1) is 9.19. The van der Waals surface area contributed by atoms with Gasteiger partial charge in [-0.3, -0.25) is 11.3 Å². The second kappa shape index (κ2) is 7.45. The predicted molar refractivity (Wildman–Crippen MR) is 88.7 cm³/mol. The number of hydrogen-bond donors (Lipinski definition) is 2. The number of nitrogens with one attached hydrogen (secondary N) is 1. The normalized spacial score (nSPS) is 12.6. The van der Waals surface area contributed by atoms with Crippen LogP contribution in [0.1, 0.15) is 10.4 Å². The summed E-state index contributed by atoms with van der Waals surface area (Å²) in [5.41, 5.74) is 4.21. The van der Waals surface area contributed by atoms with Crippen LogP contribution >= 0.6 is 39.0 Å². The third kappa shape index (κ3) is 4.61. The number of aryl methyl sites for hydroxylation is 1. The SMILES string of the molecule is Cc1cccc(SCC(Cc2sccc2Br)NN)c1. The highest BCUT2D eigenvalue weighted by Gasteiger charge is 2.11. The van der Waals surface area contributed by atoms with E-state index in [9.17, 15) is 0 Å². The topological polar surface area (TPSA) is 38.0 Å². The zero-order chi connectivity index (χ0) is 13.7. The Morgan fingerprint density at radius 3 is 2.89 bits per heavy atom. The van der Waals surface area contributed by atoms with Crippen molar-refractivity contribution in [2.45, 2.75) is 24.3 Å². The summed E-state index contributed by atoms with van der Waals surface area (Å²) in [7, 11) is 0. The summed E-state index contributed by atoms with van der Waals surface area (Å²) in [6.45, 7) is 2.12. The molecule has 1 atom stereocenters. The van der Waals surface area contributed by atoms with Gasteiger partial charge >= 0.3 is 0 Å². The number of rotatable bonds is 6. The molecule has 0 amide bonds. The van der Waals surface area contributed by atoms with Crippen LogP contribution in [0, 0.1) is 6.92 Å². The van der Waals surface area contributed by atoms with Crippen molar-refractivity contribution >= 4 is 39.0 Å². The maximum absolute atomic E-state index is 5.66. The van der Waals surface area contributed by atoms with Crippen LogP contribution in [0.4, 0.5) is 0 Å². The Labute approximate surface area is 130 Å². The van der Waals surface area contributed by atoms with Gasteiger partial charge < -0.3 is 0 Å². The monoisotopic (exact) mass is 356 g/mol. The summed E-state index contributed by atoms with van der Waals surface area (Å²) in [6.07, 6.45) is 0.952. The Hall–Kier alpha value is -0.330. The minimum atomic E-state index is 0.278. The van der Waals surface area contributed by atoms with Crippen LogP contribution in [0.25, 0.3) is 0 Å². The Kier molecular flexibility index (Phi) is 5.91. The minimum Gasteiger partial charge on any atom is -0.271 e. The highest BCUT2D eigenvalue weighted by molar-refractivity contribution is 9.10. The van der Waals surface area contributed by atoms with Crippen LogP contribution in [-0.2, 0) is 6.42 Å². The fourth-order valence-corrected chi connectivity index (χ4v) is 4.41. The lowest BCUT2D eigenvalue weighted by Crippen LogP contribution is -2.38. The number of nitrogens with two attached hydrogens (primary N) is 1. The number of thiophene rings is 1. The summed E-state index contributed by atoms with van der Waals surface area (Å²) in [4.78, 5) is 2.64. The summed E-state index contributed by atoms with van der Waals surface area (Å²) in [5, 5.41) is 2.10. The molecule has 1 aromatic heterocycles. The van der Waals surface area contributed by atoms with Crippen LogP contribution < -0.4 is 11.3 Å². The second-order valence-electron chi connectivity index (χ2n) is 4.39. The molecule has 2 aromatic rings. The van der Waals surface area contributed by atoms with E-state index in [1.165, 1.54) is 19.8 Å². The van der Waals surface area contributed by atoms with Gasteiger partial charge in [0.05, 0.1) is 0 Å². The molecule has 0 bridgehead atoms. The number of benzene rings is 1. The first-order valence-electron chi connectivity index (χ1n) is 6.06. The summed E-state index contributed by atoms with van der Waals surface area (Å²) in [6, 6.07) is 10.9. The van der Waals surface area contributed by atoms with Crippen LogP contribution in [0.5, 0.6) is 0 Å². The molecular weight excluding hydrogens is 340 g/mol. The van der Waals surface area contributed by atoms with Crippen LogP contribution in [0.3, 0.4) is 0 Å². The second-order valence-corrected chi connectivity index (χ2v) is 7.34. The fourth-order valence-electron chi connectivity index (χ4n) is 1.76. The molecule has 0 saturated heterocycles. The zero-order valence-electron chi connectivity index (χ0n) is 10.7. The lowest BCUT2D eigenvalue weighted by Gasteiger charge is -2.15. The van der Waals surface area contributed by atoms with E-state index in [2.05, 4.69) is 64.0 Å². The standard InChI is InChI=1S/C14H17BrN2S2/c1-10-3-2-4-12(7-10)19-9-11(17-16)8-14-13(15)5-6-18-14/h2-7,11,17H,8-9,16H2,1H3. The Balaban J connectivity index is 1.91. The van der Waals surface area contributed by atoms with Crippen molar-refractivity contribution in [2.24, 2.45) is 5.84 Å². The molecule has 19 heavy (non-hydrogen) atoms. The van der Waals surface area contributed by atoms with E-state index in [-0.39, 0.29) is 6.04 Å². The summed E-state index contributed by atoms with van der Waals surface area (Å²) < 4.78 is 1.18. The molecule has 2 nitrogen and oxygen atoms in total. The van der Waals surface area contributed by atoms with Crippen molar-refractivity contribution < 1.29 is 0 Å². The molecule has 1 aromatic carbocycles. The zero-order valence-corrected chi connectivity index (χ0v) is 13.9. The molecule has 0 aliphatic rings. The average molecular weight is 357 g/mol. The Bertz CT molecular complexity index is 528. The molecule has 0 spiro atoms. The van der Waals surface area contributed by atoms with Gasteiger partial charge in [0.2, 0.25) is 0 Å². The van der Waals surface area contributed by atoms with Gasteiger partial charge in [-0.15, -0.1) is 23.1 Å². The Morgan fingerprint density at radius 2 is 2.26 bits per heavy atom. The van der Waals surface area contributed by atoms with Crippen molar-refractivity contribution in [1.82, 2.24) is 5.43 Å². The molecule has 0 aliphatic carbocycles. The third-order valence-electron chi connectivity index (χ3n) is 2.80. The van der Waals surface area contributed by atoms with Crippen LogP contribution in [-0.4, -0.2) is 11.8 Å². The molecule has 0 fully saturated rings. The van der Waals surface area contributed by atoms with E-state index >= 15 is 0 Å². The van der Waals surface area contributed by atoms with Gasteiger partial charge in [0.1, 0.15) is 0 Å². The van der Waals surface area contributed by atoms with Gasteiger partial charge in [0.25, 0.3) is 0 Å². The first kappa shape index (κ1) is 15.1. The van der Waals surface area contributed by atoms with E-state index in [0.717, 1.165) is 12.2 Å². The van der Waals surface area contributed by atoms with E-state index in [4.69, 9.17) is 5.84 Å². The van der Waals surface area contributed by atoms with Crippen molar-refractivity contribution in [1.29, 1.82) is 0 Å². The van der Waals surface area contributed by atoms with Gasteiger partial charge in [-0.05, 0) is 46.4 Å². The molecule has 5 heteroatoms. The van der Waals surface area contributed by atoms with E-state index in [1.54, 1.807) is 11.3 Å². The van der Waals surface area contributed by atoms with E-state index in [0.29, 0.717) is 0 Å². The number of halogens is 1. The average Bonchev–Trinajstić information content (AvgIpc) is 2.80. The highest BCUT2D eigenvalue weighted by atomic mass is 79.9. The van der Waals surface area contributed by atoms with Gasteiger partial charge in [-0.1, -0.05) is 17.7 Å². The molecule has 0 radical (unpaired) electrons. The van der Waals surface area contributed by atoms with Crippen molar-refractivity contribution in [3.8, 4) is 0 Å². The molecule has 0 aliphatic heterocycles. The lowest BCUT2D eigenvalue weighted by molar-refractivity contribution is 0.578. The number of thioether (sulfide) groups is 1. The molecular formula is C14H17BrN2S2. The van der Waals surface area contributed by atoms with E-state index in [1.807, 2.05) is 11.8 Å². The molecule has 1 heterocycles. The largest absolute Gasteiger partial charge is 0.271 e. The maximum atomic E-state index is 5.66.